The number of hydrogen-bond acceptors (Lipinski definition) is 2. The first-order chi connectivity index (χ1) is 8.13. The Balaban J connectivity index is 1.93. The summed E-state index contributed by atoms with van der Waals surface area (Å²) in [5, 5.41) is 3.83. The van der Waals surface area contributed by atoms with Gasteiger partial charge in [0.05, 0.1) is 0 Å². The molecule has 0 bridgehead atoms. The molecule has 17 heavy (non-hydrogen) atoms. The van der Waals surface area contributed by atoms with E-state index in [0.717, 1.165) is 18.5 Å². The summed E-state index contributed by atoms with van der Waals surface area (Å²) in [7, 11) is 0. The van der Waals surface area contributed by atoms with E-state index < -0.39 is 0 Å². The molecule has 2 heteroatoms. The first kappa shape index (κ1) is 13.4. The first-order valence-electron chi connectivity index (χ1n) is 7.62. The number of hydrogen-bond donors (Lipinski definition) is 1. The molecular weight excluding hydrogens is 208 g/mol. The fourth-order valence-corrected chi connectivity index (χ4v) is 3.56. The van der Waals surface area contributed by atoms with Crippen molar-refractivity contribution in [2.24, 2.45) is 5.92 Å². The molecule has 0 aromatic rings. The fourth-order valence-electron chi connectivity index (χ4n) is 3.56. The molecule has 1 atom stereocenters. The second kappa shape index (κ2) is 5.71. The molecule has 0 aromatic heterocycles. The van der Waals surface area contributed by atoms with Crippen LogP contribution in [0.15, 0.2) is 0 Å². The maximum Gasteiger partial charge on any atom is 0.0278 e. The highest BCUT2D eigenvalue weighted by Gasteiger charge is 2.36. The van der Waals surface area contributed by atoms with Gasteiger partial charge in [-0.2, -0.15) is 0 Å². The summed E-state index contributed by atoms with van der Waals surface area (Å²) >= 11 is 0. The Hall–Kier alpha value is -0.0800. The van der Waals surface area contributed by atoms with Crippen LogP contribution in [0.5, 0.6) is 0 Å². The van der Waals surface area contributed by atoms with Gasteiger partial charge in [0.1, 0.15) is 0 Å². The van der Waals surface area contributed by atoms with Crippen LogP contribution in [0.25, 0.3) is 0 Å². The number of nitrogens with zero attached hydrogens (tertiary/aromatic N) is 1. The van der Waals surface area contributed by atoms with E-state index in [0.29, 0.717) is 5.54 Å². The predicted molar refractivity (Wildman–Crippen MR) is 74.3 cm³/mol. The third kappa shape index (κ3) is 3.23. The van der Waals surface area contributed by atoms with Crippen molar-refractivity contribution in [3.05, 3.63) is 0 Å². The fraction of sp³-hybridized carbons (Fsp3) is 1.00. The Bertz CT molecular complexity index is 231. The molecule has 2 rings (SSSR count). The SMILES string of the molecule is CCCN1CC(C2CCCCC2)NCC1(C)C. The number of rotatable bonds is 3. The van der Waals surface area contributed by atoms with Gasteiger partial charge >= 0.3 is 0 Å². The van der Waals surface area contributed by atoms with E-state index in [1.807, 2.05) is 0 Å². The molecular formula is C15H30N2. The van der Waals surface area contributed by atoms with Gasteiger partial charge in [0.2, 0.25) is 0 Å². The van der Waals surface area contributed by atoms with Gasteiger partial charge in [-0.15, -0.1) is 0 Å². The summed E-state index contributed by atoms with van der Waals surface area (Å²) in [6, 6.07) is 0.759. The van der Waals surface area contributed by atoms with Crippen molar-refractivity contribution in [1.82, 2.24) is 10.2 Å². The molecule has 1 heterocycles. The van der Waals surface area contributed by atoms with Crippen LogP contribution in [0.4, 0.5) is 0 Å². The summed E-state index contributed by atoms with van der Waals surface area (Å²) in [6.07, 6.45) is 8.57. The smallest absolute Gasteiger partial charge is 0.0278 e. The van der Waals surface area contributed by atoms with Crippen LogP contribution >= 0.6 is 0 Å². The minimum atomic E-state index is 0.348. The van der Waals surface area contributed by atoms with Crippen molar-refractivity contribution in [2.45, 2.75) is 70.9 Å². The van der Waals surface area contributed by atoms with E-state index in [2.05, 4.69) is 31.0 Å². The van der Waals surface area contributed by atoms with Crippen molar-refractivity contribution >= 4 is 0 Å². The van der Waals surface area contributed by atoms with Crippen molar-refractivity contribution in [1.29, 1.82) is 0 Å². The average Bonchev–Trinajstić information content (AvgIpc) is 2.33. The predicted octanol–water partition coefficient (Wildman–Crippen LogP) is 3.03. The second-order valence-electron chi connectivity index (χ2n) is 6.64. The van der Waals surface area contributed by atoms with Gasteiger partial charge in [0.15, 0.2) is 0 Å². The molecule has 1 saturated heterocycles. The monoisotopic (exact) mass is 238 g/mol. The largest absolute Gasteiger partial charge is 0.311 e. The zero-order chi connectivity index (χ0) is 12.3. The maximum atomic E-state index is 3.83. The average molecular weight is 238 g/mol. The van der Waals surface area contributed by atoms with Gasteiger partial charge in [-0.3, -0.25) is 4.90 Å². The normalized spacial score (nSPS) is 31.6. The molecule has 1 N–H and O–H groups in total. The van der Waals surface area contributed by atoms with Crippen LogP contribution in [-0.2, 0) is 0 Å². The van der Waals surface area contributed by atoms with Crippen molar-refractivity contribution in [2.75, 3.05) is 19.6 Å². The van der Waals surface area contributed by atoms with Gasteiger partial charge in [-0.1, -0.05) is 26.2 Å². The van der Waals surface area contributed by atoms with E-state index >= 15 is 0 Å². The minimum absolute atomic E-state index is 0.348. The van der Waals surface area contributed by atoms with Crippen LogP contribution in [0, 0.1) is 5.92 Å². The zero-order valence-electron chi connectivity index (χ0n) is 12.0. The van der Waals surface area contributed by atoms with E-state index in [4.69, 9.17) is 0 Å². The molecule has 0 amide bonds. The molecule has 0 spiro atoms. The van der Waals surface area contributed by atoms with Gasteiger partial charge in [0.25, 0.3) is 0 Å². The van der Waals surface area contributed by atoms with Crippen molar-refractivity contribution in [3.8, 4) is 0 Å². The van der Waals surface area contributed by atoms with E-state index in [-0.39, 0.29) is 0 Å². The summed E-state index contributed by atoms with van der Waals surface area (Å²) in [5.74, 6) is 0.944. The maximum absolute atomic E-state index is 3.83. The lowest BCUT2D eigenvalue weighted by molar-refractivity contribution is 0.0442. The van der Waals surface area contributed by atoms with E-state index in [1.165, 1.54) is 51.6 Å². The quantitative estimate of drug-likeness (QED) is 0.813. The summed E-state index contributed by atoms with van der Waals surface area (Å²) < 4.78 is 0. The highest BCUT2D eigenvalue weighted by Crippen LogP contribution is 2.30. The van der Waals surface area contributed by atoms with Crippen molar-refractivity contribution in [3.63, 3.8) is 0 Å². The molecule has 100 valence electrons. The Labute approximate surface area is 107 Å². The molecule has 2 aliphatic rings. The summed E-state index contributed by atoms with van der Waals surface area (Å²) in [4.78, 5) is 2.71. The lowest BCUT2D eigenvalue weighted by Gasteiger charge is -2.48. The minimum Gasteiger partial charge on any atom is -0.311 e. The standard InChI is InChI=1S/C15H30N2/c1-4-10-17-11-14(16-12-15(17,2)3)13-8-6-5-7-9-13/h13-14,16H,4-12H2,1-3H3. The third-order valence-corrected chi connectivity index (χ3v) is 4.78. The lowest BCUT2D eigenvalue weighted by Crippen LogP contribution is -2.63. The molecule has 2 nitrogen and oxygen atoms in total. The summed E-state index contributed by atoms with van der Waals surface area (Å²) in [5.41, 5.74) is 0.348. The van der Waals surface area contributed by atoms with Crippen LogP contribution in [0.1, 0.15) is 59.3 Å². The third-order valence-electron chi connectivity index (χ3n) is 4.78. The van der Waals surface area contributed by atoms with E-state index in [9.17, 15) is 0 Å². The first-order valence-corrected chi connectivity index (χ1v) is 7.62. The molecule has 1 saturated carbocycles. The Morgan fingerprint density at radius 3 is 2.53 bits per heavy atom. The number of nitrogens with one attached hydrogen (secondary N) is 1. The topological polar surface area (TPSA) is 15.3 Å². The zero-order valence-corrected chi connectivity index (χ0v) is 12.0. The lowest BCUT2D eigenvalue weighted by atomic mass is 9.81. The van der Waals surface area contributed by atoms with Crippen LogP contribution in [0.3, 0.4) is 0 Å². The second-order valence-corrected chi connectivity index (χ2v) is 6.64. The van der Waals surface area contributed by atoms with Gasteiger partial charge in [-0.25, -0.2) is 0 Å². The Kier molecular flexibility index (Phi) is 4.48. The van der Waals surface area contributed by atoms with Crippen LogP contribution in [0.2, 0.25) is 0 Å². The number of piperazine rings is 1. The molecule has 1 aliphatic carbocycles. The highest BCUT2D eigenvalue weighted by atomic mass is 15.3. The highest BCUT2D eigenvalue weighted by molar-refractivity contribution is 4.95. The van der Waals surface area contributed by atoms with Gasteiger partial charge in [0, 0.05) is 24.7 Å². The summed E-state index contributed by atoms with van der Waals surface area (Å²) in [6.45, 7) is 10.8. The van der Waals surface area contributed by atoms with Gasteiger partial charge in [-0.05, 0) is 45.6 Å². The van der Waals surface area contributed by atoms with Crippen LogP contribution in [-0.4, -0.2) is 36.1 Å². The molecule has 1 unspecified atom stereocenters. The van der Waals surface area contributed by atoms with Gasteiger partial charge < -0.3 is 5.32 Å². The molecule has 2 fully saturated rings. The molecule has 0 aromatic carbocycles. The van der Waals surface area contributed by atoms with Crippen molar-refractivity contribution < 1.29 is 0 Å². The molecule has 0 radical (unpaired) electrons. The van der Waals surface area contributed by atoms with E-state index in [1.54, 1.807) is 0 Å². The Morgan fingerprint density at radius 2 is 1.88 bits per heavy atom. The molecule has 1 aliphatic heterocycles. The van der Waals surface area contributed by atoms with Crippen LogP contribution < -0.4 is 5.32 Å². The Morgan fingerprint density at radius 1 is 1.18 bits per heavy atom.